The first kappa shape index (κ1) is 20.8. The minimum Gasteiger partial charge on any atom is -0.484 e. The summed E-state index contributed by atoms with van der Waals surface area (Å²) in [6.45, 7) is 3.47. The lowest BCUT2D eigenvalue weighted by Crippen LogP contribution is -2.25. The molecule has 9 heteroatoms. The number of oxazole rings is 1. The molecule has 0 aliphatic carbocycles. The van der Waals surface area contributed by atoms with Gasteiger partial charge in [0.05, 0.1) is 11.4 Å². The van der Waals surface area contributed by atoms with E-state index in [1.165, 1.54) is 6.20 Å². The van der Waals surface area contributed by atoms with E-state index in [9.17, 15) is 14.4 Å². The zero-order chi connectivity index (χ0) is 22.0. The maximum atomic E-state index is 12.6. The molecule has 1 aliphatic rings. The average Bonchev–Trinajstić information content (AvgIpc) is 3.29. The third-order valence-corrected chi connectivity index (χ3v) is 5.67. The standard InChI is InChI=1S/C22H19N3O5S/c1-12-3-5-14(6-4-12)21-24-19(13(2)30-21)17(26)11-29-16-8-7-15(23-10-16)9-18-20(27)25-22(28)31-18/h3-8,10,18H,9,11H2,1-2H3,(H,25,27,28). The minimum atomic E-state index is -0.480. The van der Waals surface area contributed by atoms with Crippen LogP contribution in [0.15, 0.2) is 47.0 Å². The van der Waals surface area contributed by atoms with Crippen molar-refractivity contribution < 1.29 is 23.5 Å². The Bertz CT molecular complexity index is 1140. The molecule has 1 aromatic carbocycles. The van der Waals surface area contributed by atoms with Gasteiger partial charge in [0.15, 0.2) is 12.3 Å². The molecule has 1 unspecified atom stereocenters. The predicted octanol–water partition coefficient (Wildman–Crippen LogP) is 3.51. The minimum absolute atomic E-state index is 0.211. The molecular formula is C22H19N3O5S. The molecule has 3 aromatic rings. The Morgan fingerprint density at radius 2 is 1.94 bits per heavy atom. The van der Waals surface area contributed by atoms with Crippen LogP contribution in [0, 0.1) is 13.8 Å². The number of hydrogen-bond donors (Lipinski definition) is 1. The highest BCUT2D eigenvalue weighted by Crippen LogP contribution is 2.24. The van der Waals surface area contributed by atoms with Crippen molar-refractivity contribution in [3.05, 3.63) is 65.3 Å². The van der Waals surface area contributed by atoms with E-state index in [0.29, 0.717) is 29.5 Å². The number of amides is 2. The first-order chi connectivity index (χ1) is 14.9. The molecule has 31 heavy (non-hydrogen) atoms. The van der Waals surface area contributed by atoms with Crippen molar-refractivity contribution in [2.45, 2.75) is 25.5 Å². The molecule has 158 valence electrons. The number of carbonyl (C=O) groups is 3. The maximum Gasteiger partial charge on any atom is 0.286 e. The summed E-state index contributed by atoms with van der Waals surface area (Å²) < 4.78 is 11.2. The summed E-state index contributed by atoms with van der Waals surface area (Å²) >= 11 is 0.955. The SMILES string of the molecule is Cc1ccc(-c2nc(C(=O)COc3ccc(CC4SC(=O)NC4=O)nc3)c(C)o2)cc1. The Morgan fingerprint density at radius 1 is 1.16 bits per heavy atom. The van der Waals surface area contributed by atoms with Crippen LogP contribution < -0.4 is 10.1 Å². The van der Waals surface area contributed by atoms with Crippen molar-refractivity contribution in [3.8, 4) is 17.2 Å². The number of Topliss-reactive ketones (excluding diaryl/α,β-unsaturated/α-hetero) is 1. The summed E-state index contributed by atoms with van der Waals surface area (Å²) in [5.74, 6) is 0.618. The van der Waals surface area contributed by atoms with Crippen LogP contribution in [0.5, 0.6) is 5.75 Å². The smallest absolute Gasteiger partial charge is 0.286 e. The van der Waals surface area contributed by atoms with Crippen molar-refractivity contribution in [1.29, 1.82) is 0 Å². The molecule has 0 saturated carbocycles. The zero-order valence-corrected chi connectivity index (χ0v) is 17.7. The molecule has 1 fully saturated rings. The number of thioether (sulfide) groups is 1. The van der Waals surface area contributed by atoms with Crippen LogP contribution in [0.2, 0.25) is 0 Å². The lowest BCUT2D eigenvalue weighted by atomic mass is 10.1. The number of benzene rings is 1. The second kappa shape index (κ2) is 8.73. The topological polar surface area (TPSA) is 111 Å². The van der Waals surface area contributed by atoms with Crippen LogP contribution in [-0.2, 0) is 11.2 Å². The van der Waals surface area contributed by atoms with Gasteiger partial charge in [0.1, 0.15) is 11.5 Å². The van der Waals surface area contributed by atoms with Gasteiger partial charge in [-0.05, 0) is 38.1 Å². The number of nitrogens with one attached hydrogen (secondary N) is 1. The number of imide groups is 1. The van der Waals surface area contributed by atoms with Gasteiger partial charge in [0.2, 0.25) is 17.6 Å². The van der Waals surface area contributed by atoms with Crippen molar-refractivity contribution in [2.75, 3.05) is 6.61 Å². The fourth-order valence-corrected chi connectivity index (χ4v) is 3.86. The quantitative estimate of drug-likeness (QED) is 0.559. The highest BCUT2D eigenvalue weighted by atomic mass is 32.2. The third kappa shape index (κ3) is 4.83. The first-order valence-electron chi connectivity index (χ1n) is 9.56. The van der Waals surface area contributed by atoms with Crippen molar-refractivity contribution in [2.24, 2.45) is 0 Å². The molecular weight excluding hydrogens is 418 g/mol. The number of carbonyl (C=O) groups excluding carboxylic acids is 3. The van der Waals surface area contributed by atoms with Gasteiger partial charge in [-0.3, -0.25) is 24.7 Å². The van der Waals surface area contributed by atoms with Gasteiger partial charge in [-0.1, -0.05) is 29.5 Å². The van der Waals surface area contributed by atoms with Gasteiger partial charge in [-0.2, -0.15) is 0 Å². The van der Waals surface area contributed by atoms with Gasteiger partial charge in [-0.25, -0.2) is 4.98 Å². The van der Waals surface area contributed by atoms with E-state index in [4.69, 9.17) is 9.15 Å². The highest BCUT2D eigenvalue weighted by Gasteiger charge is 2.31. The van der Waals surface area contributed by atoms with E-state index >= 15 is 0 Å². The second-order valence-corrected chi connectivity index (χ2v) is 8.25. The Kier molecular flexibility index (Phi) is 5.85. The Morgan fingerprint density at radius 3 is 2.58 bits per heavy atom. The Hall–Kier alpha value is -3.46. The molecule has 4 rings (SSSR count). The van der Waals surface area contributed by atoms with Gasteiger partial charge in [-0.15, -0.1) is 0 Å². The second-order valence-electron chi connectivity index (χ2n) is 7.07. The maximum absolute atomic E-state index is 12.6. The van der Waals surface area contributed by atoms with E-state index in [-0.39, 0.29) is 29.2 Å². The fourth-order valence-electron chi connectivity index (χ4n) is 3.03. The molecule has 1 N–H and O–H groups in total. The monoisotopic (exact) mass is 437 g/mol. The van der Waals surface area contributed by atoms with Crippen molar-refractivity contribution in [1.82, 2.24) is 15.3 Å². The molecule has 1 saturated heterocycles. The first-order valence-corrected chi connectivity index (χ1v) is 10.4. The van der Waals surface area contributed by atoms with Gasteiger partial charge < -0.3 is 9.15 Å². The number of aromatic nitrogens is 2. The zero-order valence-electron chi connectivity index (χ0n) is 16.9. The summed E-state index contributed by atoms with van der Waals surface area (Å²) in [4.78, 5) is 44.0. The van der Waals surface area contributed by atoms with Crippen LogP contribution in [-0.4, -0.2) is 38.8 Å². The molecule has 0 spiro atoms. The molecule has 1 aliphatic heterocycles. The molecule has 2 amide bonds. The summed E-state index contributed by atoms with van der Waals surface area (Å²) in [6.07, 6.45) is 1.82. The summed E-state index contributed by atoms with van der Waals surface area (Å²) in [5.41, 5.74) is 2.80. The van der Waals surface area contributed by atoms with Crippen molar-refractivity contribution in [3.63, 3.8) is 0 Å². The lowest BCUT2D eigenvalue weighted by Gasteiger charge is -2.07. The summed E-state index contributed by atoms with van der Waals surface area (Å²) in [6, 6.07) is 11.1. The van der Waals surface area contributed by atoms with Crippen molar-refractivity contribution >= 4 is 28.7 Å². The van der Waals surface area contributed by atoms with E-state index in [1.807, 2.05) is 31.2 Å². The number of ether oxygens (including phenoxy) is 1. The van der Waals surface area contributed by atoms with E-state index < -0.39 is 5.25 Å². The Balaban J connectivity index is 1.36. The molecule has 2 aromatic heterocycles. The molecule has 0 radical (unpaired) electrons. The van der Waals surface area contributed by atoms with Crippen LogP contribution in [0.3, 0.4) is 0 Å². The van der Waals surface area contributed by atoms with E-state index in [2.05, 4.69) is 15.3 Å². The number of nitrogens with zero attached hydrogens (tertiary/aromatic N) is 2. The lowest BCUT2D eigenvalue weighted by molar-refractivity contribution is -0.118. The van der Waals surface area contributed by atoms with Crippen LogP contribution in [0.4, 0.5) is 4.79 Å². The normalized spacial score (nSPS) is 15.7. The fraction of sp³-hybridized carbons (Fsp3) is 0.227. The number of pyridine rings is 1. The largest absolute Gasteiger partial charge is 0.484 e. The van der Waals surface area contributed by atoms with Gasteiger partial charge in [0.25, 0.3) is 5.24 Å². The van der Waals surface area contributed by atoms with Gasteiger partial charge >= 0.3 is 0 Å². The average molecular weight is 437 g/mol. The van der Waals surface area contributed by atoms with Crippen LogP contribution in [0.1, 0.15) is 27.5 Å². The number of hydrogen-bond acceptors (Lipinski definition) is 8. The molecule has 1 atom stereocenters. The molecule has 8 nitrogen and oxygen atoms in total. The molecule has 0 bridgehead atoms. The van der Waals surface area contributed by atoms with E-state index in [1.54, 1.807) is 19.1 Å². The summed E-state index contributed by atoms with van der Waals surface area (Å²) in [7, 11) is 0. The highest BCUT2D eigenvalue weighted by molar-refractivity contribution is 8.15. The van der Waals surface area contributed by atoms with Gasteiger partial charge in [0, 0.05) is 17.7 Å². The van der Waals surface area contributed by atoms with E-state index in [0.717, 1.165) is 22.9 Å². The molecule has 3 heterocycles. The third-order valence-electron chi connectivity index (χ3n) is 4.69. The number of ketones is 1. The predicted molar refractivity (Wildman–Crippen MR) is 114 cm³/mol. The number of rotatable bonds is 7. The van der Waals surface area contributed by atoms with Crippen LogP contribution in [0.25, 0.3) is 11.5 Å². The van der Waals surface area contributed by atoms with Crippen LogP contribution >= 0.6 is 11.8 Å². The number of aryl methyl sites for hydroxylation is 2. The summed E-state index contributed by atoms with van der Waals surface area (Å²) in [5, 5.41) is 1.42. The Labute approximate surface area is 182 Å².